The molecular formula is C87H90BrCl4LiN4O29. The van der Waals surface area contributed by atoms with Crippen molar-refractivity contribution in [1.29, 1.82) is 0 Å². The molecular weight excluding hydrogens is 1790 g/mol. The predicted molar refractivity (Wildman–Crippen MR) is 465 cm³/mol. The number of amides is 2. The van der Waals surface area contributed by atoms with E-state index in [0.29, 0.717) is 147 Å². The van der Waals surface area contributed by atoms with Crippen LogP contribution >= 0.6 is 62.3 Å². The molecule has 0 aromatic heterocycles. The number of aldehydes is 2. The second kappa shape index (κ2) is 59.3. The van der Waals surface area contributed by atoms with E-state index in [1.807, 2.05) is 60.7 Å². The zero-order valence-electron chi connectivity index (χ0n) is 68.9. The maximum Gasteiger partial charge on any atom is 1.00 e. The molecule has 668 valence electrons. The zero-order chi connectivity index (χ0) is 90.0. The fourth-order valence-corrected chi connectivity index (χ4v) is 10.6. The van der Waals surface area contributed by atoms with Crippen molar-refractivity contribution in [2.45, 2.75) is 19.6 Å². The summed E-state index contributed by atoms with van der Waals surface area (Å²) in [4.78, 5) is 111. The monoisotopic (exact) mass is 1880 g/mol. The van der Waals surface area contributed by atoms with Crippen molar-refractivity contribution in [2.75, 3.05) is 152 Å². The number of carboxylic acids is 1. The number of carbonyl (C=O) groups is 10. The fraction of sp³-hybridized carbons (Fsp3) is 0.264. The number of aromatic hydroxyl groups is 1. The van der Waals surface area contributed by atoms with Gasteiger partial charge in [0.1, 0.15) is 111 Å². The summed E-state index contributed by atoms with van der Waals surface area (Å²) in [7, 11) is 5.28. The van der Waals surface area contributed by atoms with Gasteiger partial charge in [0.25, 0.3) is 0 Å². The van der Waals surface area contributed by atoms with Gasteiger partial charge >= 0.3 is 48.7 Å². The van der Waals surface area contributed by atoms with Gasteiger partial charge in [0.2, 0.25) is 17.1 Å². The Kier molecular flexibility index (Phi) is 49.8. The van der Waals surface area contributed by atoms with Crippen LogP contribution in [0.1, 0.15) is 37.4 Å². The number of benzene rings is 9. The Labute approximate surface area is 765 Å². The average Bonchev–Trinajstić information content (AvgIpc) is 0.817. The minimum atomic E-state index is -1.04. The molecule has 4 aliphatic rings. The third kappa shape index (κ3) is 39.1. The van der Waals surface area contributed by atoms with Gasteiger partial charge in [0, 0.05) is 64.7 Å². The first-order chi connectivity index (χ1) is 59.9. The van der Waals surface area contributed by atoms with Gasteiger partial charge < -0.3 is 112 Å². The van der Waals surface area contributed by atoms with Crippen LogP contribution in [0, 0.1) is 0 Å². The molecule has 9 aromatic rings. The molecule has 0 atom stereocenters. The van der Waals surface area contributed by atoms with Crippen LogP contribution in [0.3, 0.4) is 0 Å². The van der Waals surface area contributed by atoms with Gasteiger partial charge in [0.05, 0.1) is 47.4 Å². The van der Waals surface area contributed by atoms with E-state index in [-0.39, 0.29) is 90.7 Å². The number of carboxylic acid groups (broad SMARTS) is 1. The molecule has 6 N–H and O–H groups in total. The smallest absolute Gasteiger partial charge is 0.870 e. The Hall–Kier alpha value is -12.5. The van der Waals surface area contributed by atoms with E-state index in [4.69, 9.17) is 119 Å². The van der Waals surface area contributed by atoms with Crippen molar-refractivity contribution in [2.24, 2.45) is 0 Å². The number of ether oxygens (including phenoxy) is 16. The number of aliphatic carboxylic acids is 1. The van der Waals surface area contributed by atoms with E-state index >= 15 is 0 Å². The molecule has 0 unspecified atom stereocenters. The van der Waals surface area contributed by atoms with Crippen molar-refractivity contribution in [3.8, 4) is 74.7 Å². The Balaban J connectivity index is 0.000000319. The van der Waals surface area contributed by atoms with Gasteiger partial charge in [0.15, 0.2) is 72.4 Å². The Morgan fingerprint density at radius 3 is 1.06 bits per heavy atom. The van der Waals surface area contributed by atoms with E-state index < -0.39 is 35.7 Å². The Morgan fingerprint density at radius 2 is 0.730 bits per heavy atom. The third-order valence-electron chi connectivity index (χ3n) is 16.2. The number of nitrogens with one attached hydrogen (secondary N) is 1. The molecule has 0 saturated carbocycles. The summed E-state index contributed by atoms with van der Waals surface area (Å²) in [6.07, 6.45) is 1.48. The van der Waals surface area contributed by atoms with Crippen LogP contribution in [0.15, 0.2) is 194 Å². The number of fused-ring (bicyclic) bond motifs is 4. The number of rotatable bonds is 27. The molecule has 33 nitrogen and oxygen atoms in total. The molecule has 0 spiro atoms. The number of hydrogen-bond donors (Lipinski definition) is 4. The van der Waals surface area contributed by atoms with Gasteiger partial charge in [-0.1, -0.05) is 52.3 Å². The molecule has 0 bridgehead atoms. The van der Waals surface area contributed by atoms with Crippen LogP contribution in [-0.4, -0.2) is 206 Å². The molecule has 39 heteroatoms. The first-order valence-corrected chi connectivity index (χ1v) is 40.2. The number of anilines is 4. The standard InChI is InChI=1S/C20H20ClNO6.C19H18ClNO6.C18H19NO5.C10H10O4.C8H9NO2.C7H6O2.C3H5BrO2.C2H2Cl2O.Li.H2O/c1-25-20(24)13-28-16-5-2-14(3-6-16)12-22(19(23)11-21)15-4-7-17-18(10-15)27-9-8-26-17;20-10-18(22)21(14-3-6-16-17(9-14)26-8-7-25-16)11-13-1-4-15(5-2-13)27-12-19(23)24;1-21-18(20)12-24-15-5-2-13(3-6-15)11-19-14-4-7-16-17(10-14)23-9-8-22-16;1-13-10(12)7-14-9-4-2-8(6-11)3-5-9;9-6-1-2-7-8(5-6)11-4-3-10-7;8-5-6-1-3-7(9)4-2-6;1-6-3(5)2-4;3-1-2(4)5;;/h2-7,10H,8-9,11-13H2,1H3;1-6,9H,7-8,10-12H2,(H,23,24);2-7,10,19H,8-9,11-12H2,1H3;2-6H,7H2,1H3;1-2,5H,3-4,9H2;1-5,9H;2H2,1H3;1H2;;1H2/q;;;;;;;;+1;/p-1. The van der Waals surface area contributed by atoms with Crippen molar-refractivity contribution in [3.05, 3.63) is 222 Å². The summed E-state index contributed by atoms with van der Waals surface area (Å²) in [5, 5.41) is 20.5. The molecule has 0 saturated heterocycles. The summed E-state index contributed by atoms with van der Waals surface area (Å²) < 4.78 is 82.4. The molecule has 4 aliphatic heterocycles. The molecule has 0 fully saturated rings. The normalized spacial score (nSPS) is 11.3. The van der Waals surface area contributed by atoms with E-state index in [0.717, 1.165) is 57.9 Å². The first kappa shape index (κ1) is 106. The molecule has 0 aliphatic carbocycles. The van der Waals surface area contributed by atoms with Gasteiger partial charge in [-0.15, -0.1) is 34.8 Å². The maximum absolute atomic E-state index is 12.4. The minimum Gasteiger partial charge on any atom is -0.870 e. The van der Waals surface area contributed by atoms with Crippen molar-refractivity contribution in [3.63, 3.8) is 0 Å². The number of esters is 4. The van der Waals surface area contributed by atoms with Crippen LogP contribution in [0.25, 0.3) is 0 Å². The number of nitrogens with two attached hydrogens (primary N) is 1. The maximum atomic E-state index is 12.4. The summed E-state index contributed by atoms with van der Waals surface area (Å²) >= 11 is 24.0. The SMILES string of the molecule is COC(=O)CBr.COC(=O)COc1ccc(C=O)cc1.COC(=O)COc1ccc(CN(C(=O)CCl)c2ccc3c(c2)OCCO3)cc1.COC(=O)COc1ccc(CNc2ccc3c(c2)OCCO3)cc1.Nc1ccc2c(c1)OCCO2.O=C(Cl)CCl.O=C(O)COc1ccc(CN(C(=O)CCl)c2ccc3c(c2)OCCO3)cc1.O=Cc1ccc(O)cc1.[Li+].[OH-]. The number of alkyl halides is 4. The van der Waals surface area contributed by atoms with Gasteiger partial charge in [-0.25, -0.2) is 19.2 Å². The summed E-state index contributed by atoms with van der Waals surface area (Å²) in [6, 6.07) is 55.8. The van der Waals surface area contributed by atoms with Crippen LogP contribution in [0.4, 0.5) is 22.7 Å². The summed E-state index contributed by atoms with van der Waals surface area (Å²) in [6.45, 7) is 4.79. The topological polar surface area (TPSA) is 433 Å². The Morgan fingerprint density at radius 1 is 0.421 bits per heavy atom. The number of nitrogens with zero attached hydrogens (tertiary/aromatic N) is 2. The number of phenolic OH excluding ortho intramolecular Hbond substituents is 1. The van der Waals surface area contributed by atoms with E-state index in [1.165, 1.54) is 40.6 Å². The number of nitrogen functional groups attached to an aromatic ring is 1. The van der Waals surface area contributed by atoms with Crippen LogP contribution < -0.4 is 96.6 Å². The number of carbonyl (C=O) groups excluding carboxylic acids is 9. The fourth-order valence-electron chi connectivity index (χ4n) is 10.1. The van der Waals surface area contributed by atoms with E-state index in [2.05, 4.69) is 40.2 Å². The second-order valence-electron chi connectivity index (χ2n) is 24.8. The number of methoxy groups -OCH3 is 4. The second-order valence-corrected chi connectivity index (χ2v) is 26.6. The minimum absolute atomic E-state index is 0. The largest absolute Gasteiger partial charge is 1.00 e. The molecule has 2 amide bonds. The summed E-state index contributed by atoms with van der Waals surface area (Å²) in [5.41, 5.74) is 12.5. The van der Waals surface area contributed by atoms with Gasteiger partial charge in [-0.05, 0) is 162 Å². The number of halogens is 5. The number of phenols is 1. The molecule has 9 aromatic carbocycles. The van der Waals surface area contributed by atoms with E-state index in [9.17, 15) is 47.9 Å². The molecule has 0 radical (unpaired) electrons. The number of hydrogen-bond acceptors (Lipinski definition) is 30. The molecule has 4 heterocycles. The third-order valence-corrected chi connectivity index (χ3v) is 17.6. The average molecular weight is 1880 g/mol. The van der Waals surface area contributed by atoms with Crippen molar-refractivity contribution in [1.82, 2.24) is 0 Å². The van der Waals surface area contributed by atoms with Crippen LogP contribution in [-0.2, 0) is 76.9 Å². The zero-order valence-corrected chi connectivity index (χ0v) is 73.5. The first-order valence-electron chi connectivity index (χ1n) is 37.1. The van der Waals surface area contributed by atoms with Crippen molar-refractivity contribution >= 4 is 145 Å². The quantitative estimate of drug-likeness (QED) is 0.00707. The summed E-state index contributed by atoms with van der Waals surface area (Å²) in [5.74, 6) is 4.39. The van der Waals surface area contributed by atoms with E-state index in [1.54, 1.807) is 131 Å². The molecule has 13 rings (SSSR count). The van der Waals surface area contributed by atoms with Gasteiger partial charge in [-0.2, -0.15) is 0 Å². The van der Waals surface area contributed by atoms with Gasteiger partial charge in [-0.3, -0.25) is 28.8 Å². The molecule has 126 heavy (non-hydrogen) atoms. The Bertz CT molecular complexity index is 4890. The predicted octanol–water partition coefficient (Wildman–Crippen LogP) is 9.76. The van der Waals surface area contributed by atoms with Crippen LogP contribution in [0.2, 0.25) is 0 Å². The van der Waals surface area contributed by atoms with Crippen LogP contribution in [0.5, 0.6) is 74.7 Å². The van der Waals surface area contributed by atoms with Crippen molar-refractivity contribution < 1.29 is 158 Å².